The van der Waals surface area contributed by atoms with Gasteiger partial charge in [-0.05, 0) is 49.8 Å². The van der Waals surface area contributed by atoms with E-state index in [1.807, 2.05) is 0 Å². The number of rotatable bonds is 3. The van der Waals surface area contributed by atoms with Gasteiger partial charge in [0.25, 0.3) is 0 Å². The predicted molar refractivity (Wildman–Crippen MR) is 78.9 cm³/mol. The highest BCUT2D eigenvalue weighted by molar-refractivity contribution is 5.93. The lowest BCUT2D eigenvalue weighted by molar-refractivity contribution is 0.417. The summed E-state index contributed by atoms with van der Waals surface area (Å²) >= 11 is 0. The molecule has 0 atom stereocenters. The van der Waals surface area contributed by atoms with Crippen LogP contribution in [-0.2, 0) is 19.4 Å². The normalized spacial score (nSPS) is 14.7. The molecule has 0 unspecified atom stereocenters. The molecule has 1 aromatic heterocycles. The summed E-state index contributed by atoms with van der Waals surface area (Å²) < 4.78 is 7.98. The smallest absolute Gasteiger partial charge is 0.143 e. The number of benzene rings is 1. The van der Waals surface area contributed by atoms with Crippen molar-refractivity contribution in [3.05, 3.63) is 29.0 Å². The molecule has 0 saturated carbocycles. The Balaban J connectivity index is 2.38. The van der Waals surface area contributed by atoms with Crippen molar-refractivity contribution < 1.29 is 4.74 Å². The van der Waals surface area contributed by atoms with E-state index in [1.165, 1.54) is 53.4 Å². The van der Waals surface area contributed by atoms with Crippen molar-refractivity contribution >= 4 is 10.9 Å². The molecule has 2 N–H and O–H groups in total. The highest BCUT2D eigenvalue weighted by Gasteiger charge is 2.22. The number of methoxy groups -OCH3 is 1. The second-order valence-electron chi connectivity index (χ2n) is 5.38. The summed E-state index contributed by atoms with van der Waals surface area (Å²) in [4.78, 5) is 0. The molecule has 2 aromatic rings. The van der Waals surface area contributed by atoms with Gasteiger partial charge in [-0.3, -0.25) is 0 Å². The van der Waals surface area contributed by atoms with Gasteiger partial charge in [0, 0.05) is 24.2 Å². The monoisotopic (exact) mass is 258 g/mol. The zero-order chi connectivity index (χ0) is 13.4. The largest absolute Gasteiger partial charge is 0.495 e. The number of nitrogens with zero attached hydrogens (tertiary/aromatic N) is 1. The Morgan fingerprint density at radius 2 is 2.05 bits per heavy atom. The fourth-order valence-electron chi connectivity index (χ4n) is 3.45. The van der Waals surface area contributed by atoms with E-state index >= 15 is 0 Å². The van der Waals surface area contributed by atoms with Crippen LogP contribution >= 0.6 is 0 Å². The average molecular weight is 258 g/mol. The maximum atomic E-state index is 5.81. The summed E-state index contributed by atoms with van der Waals surface area (Å²) in [5.41, 5.74) is 11.4. The topological polar surface area (TPSA) is 40.2 Å². The molecule has 19 heavy (non-hydrogen) atoms. The van der Waals surface area contributed by atoms with E-state index in [4.69, 9.17) is 10.5 Å². The summed E-state index contributed by atoms with van der Waals surface area (Å²) in [6, 6.07) is 4.25. The average Bonchev–Trinajstić information content (AvgIpc) is 2.76. The number of hydrogen-bond acceptors (Lipinski definition) is 2. The van der Waals surface area contributed by atoms with Crippen molar-refractivity contribution in [2.24, 2.45) is 5.73 Å². The SMILES string of the molecule is COc1ccc(C)c2c3c(n(CCN)c12)CCCC3. The fourth-order valence-corrected chi connectivity index (χ4v) is 3.45. The molecule has 0 fully saturated rings. The van der Waals surface area contributed by atoms with Crippen molar-refractivity contribution in [3.8, 4) is 5.75 Å². The van der Waals surface area contributed by atoms with Crippen LogP contribution in [0.4, 0.5) is 0 Å². The van der Waals surface area contributed by atoms with E-state index in [9.17, 15) is 0 Å². The first-order chi connectivity index (χ1) is 9.27. The second-order valence-corrected chi connectivity index (χ2v) is 5.38. The third-order valence-electron chi connectivity index (χ3n) is 4.26. The van der Waals surface area contributed by atoms with E-state index in [-0.39, 0.29) is 0 Å². The molecule has 1 aliphatic rings. The summed E-state index contributed by atoms with van der Waals surface area (Å²) in [6.07, 6.45) is 4.95. The van der Waals surface area contributed by atoms with E-state index < -0.39 is 0 Å². The molecule has 0 saturated heterocycles. The van der Waals surface area contributed by atoms with Crippen molar-refractivity contribution in [1.29, 1.82) is 0 Å². The van der Waals surface area contributed by atoms with Crippen LogP contribution < -0.4 is 10.5 Å². The molecule has 102 valence electrons. The summed E-state index contributed by atoms with van der Waals surface area (Å²) in [5, 5.41) is 1.41. The highest BCUT2D eigenvalue weighted by atomic mass is 16.5. The van der Waals surface area contributed by atoms with Crippen LogP contribution in [0.15, 0.2) is 12.1 Å². The Hall–Kier alpha value is -1.48. The Bertz CT molecular complexity index is 613. The molecule has 0 amide bonds. The van der Waals surface area contributed by atoms with Crippen LogP contribution in [0, 0.1) is 6.92 Å². The maximum absolute atomic E-state index is 5.81. The lowest BCUT2D eigenvalue weighted by atomic mass is 9.94. The van der Waals surface area contributed by atoms with Gasteiger partial charge in [-0.2, -0.15) is 0 Å². The van der Waals surface area contributed by atoms with Gasteiger partial charge in [0.05, 0.1) is 12.6 Å². The molecule has 1 heterocycles. The lowest BCUT2D eigenvalue weighted by Crippen LogP contribution is -2.14. The first-order valence-corrected chi connectivity index (χ1v) is 7.15. The summed E-state index contributed by atoms with van der Waals surface area (Å²) in [6.45, 7) is 3.75. The van der Waals surface area contributed by atoms with Gasteiger partial charge >= 0.3 is 0 Å². The first kappa shape index (κ1) is 12.5. The van der Waals surface area contributed by atoms with Crippen LogP contribution in [0.1, 0.15) is 29.7 Å². The van der Waals surface area contributed by atoms with Gasteiger partial charge in [0.15, 0.2) is 0 Å². The maximum Gasteiger partial charge on any atom is 0.143 e. The molecule has 1 aromatic carbocycles. The van der Waals surface area contributed by atoms with E-state index in [0.29, 0.717) is 6.54 Å². The number of hydrogen-bond donors (Lipinski definition) is 1. The van der Waals surface area contributed by atoms with E-state index in [2.05, 4.69) is 23.6 Å². The van der Waals surface area contributed by atoms with Crippen molar-refractivity contribution in [3.63, 3.8) is 0 Å². The Morgan fingerprint density at radius 1 is 1.26 bits per heavy atom. The zero-order valence-corrected chi connectivity index (χ0v) is 11.8. The molecule has 3 nitrogen and oxygen atoms in total. The van der Waals surface area contributed by atoms with Gasteiger partial charge in [-0.25, -0.2) is 0 Å². The number of fused-ring (bicyclic) bond motifs is 3. The highest BCUT2D eigenvalue weighted by Crippen LogP contribution is 2.38. The Kier molecular flexibility index (Phi) is 3.23. The van der Waals surface area contributed by atoms with E-state index in [1.54, 1.807) is 7.11 Å². The minimum Gasteiger partial charge on any atom is -0.495 e. The van der Waals surface area contributed by atoms with Crippen molar-refractivity contribution in [2.45, 2.75) is 39.2 Å². The van der Waals surface area contributed by atoms with Gasteiger partial charge in [0.1, 0.15) is 5.75 Å². The number of nitrogens with two attached hydrogens (primary N) is 1. The standard InChI is InChI=1S/C16H22N2O/c1-11-7-8-14(19-2)16-15(11)12-5-3-4-6-13(12)18(16)10-9-17/h7-8H,3-6,9-10,17H2,1-2H3. The Labute approximate surface area is 114 Å². The number of aromatic nitrogens is 1. The van der Waals surface area contributed by atoms with Gasteiger partial charge in [-0.1, -0.05) is 6.07 Å². The molecule has 0 spiro atoms. The number of ether oxygens (including phenoxy) is 1. The third kappa shape index (κ3) is 1.84. The number of aryl methyl sites for hydroxylation is 2. The molecule has 0 bridgehead atoms. The van der Waals surface area contributed by atoms with Crippen LogP contribution in [0.25, 0.3) is 10.9 Å². The minimum atomic E-state index is 0.674. The fraction of sp³-hybridized carbons (Fsp3) is 0.500. The summed E-state index contributed by atoms with van der Waals surface area (Å²) in [5.74, 6) is 0.975. The third-order valence-corrected chi connectivity index (χ3v) is 4.26. The molecule has 0 aliphatic heterocycles. The minimum absolute atomic E-state index is 0.674. The van der Waals surface area contributed by atoms with Crippen molar-refractivity contribution in [2.75, 3.05) is 13.7 Å². The van der Waals surface area contributed by atoms with Gasteiger partial charge in [0.2, 0.25) is 0 Å². The van der Waals surface area contributed by atoms with Crippen LogP contribution in [0.3, 0.4) is 0 Å². The first-order valence-electron chi connectivity index (χ1n) is 7.15. The molecular formula is C16H22N2O. The summed E-state index contributed by atoms with van der Waals surface area (Å²) in [7, 11) is 1.75. The second kappa shape index (κ2) is 4.89. The van der Waals surface area contributed by atoms with Crippen LogP contribution in [-0.4, -0.2) is 18.2 Å². The quantitative estimate of drug-likeness (QED) is 0.919. The van der Waals surface area contributed by atoms with Crippen molar-refractivity contribution in [1.82, 2.24) is 4.57 Å². The van der Waals surface area contributed by atoms with Crippen LogP contribution in [0.5, 0.6) is 5.75 Å². The van der Waals surface area contributed by atoms with Gasteiger partial charge in [-0.15, -0.1) is 0 Å². The molecule has 3 heteroatoms. The molecule has 1 aliphatic carbocycles. The van der Waals surface area contributed by atoms with Gasteiger partial charge < -0.3 is 15.0 Å². The predicted octanol–water partition coefficient (Wildman–Crippen LogP) is 2.80. The molecule has 0 radical (unpaired) electrons. The van der Waals surface area contributed by atoms with E-state index in [0.717, 1.165) is 12.3 Å². The Morgan fingerprint density at radius 3 is 2.79 bits per heavy atom. The molecular weight excluding hydrogens is 236 g/mol. The molecule has 3 rings (SSSR count). The van der Waals surface area contributed by atoms with Crippen LogP contribution in [0.2, 0.25) is 0 Å². The lowest BCUT2D eigenvalue weighted by Gasteiger charge is -2.15. The zero-order valence-electron chi connectivity index (χ0n) is 11.8.